The first-order valence-corrected chi connectivity index (χ1v) is 5.89. The number of carbonyl (C=O) groups excluding carboxylic acids is 1. The molecular formula is C14H15N3O2. The molecule has 1 aliphatic rings. The molecule has 1 aromatic heterocycles. The number of nitrogens with zero attached hydrogens (tertiary/aromatic N) is 3. The topological polar surface area (TPSA) is 66.9 Å². The highest BCUT2D eigenvalue weighted by Crippen LogP contribution is 2.11. The number of pyridine rings is 1. The van der Waals surface area contributed by atoms with Crippen molar-refractivity contribution in [2.75, 3.05) is 0 Å². The lowest BCUT2D eigenvalue weighted by Crippen LogP contribution is -2.18. The van der Waals surface area contributed by atoms with Gasteiger partial charge in [0.15, 0.2) is 11.3 Å². The van der Waals surface area contributed by atoms with Crippen LogP contribution in [-0.2, 0) is 4.79 Å². The van der Waals surface area contributed by atoms with Crippen molar-refractivity contribution >= 4 is 11.5 Å². The van der Waals surface area contributed by atoms with Crippen LogP contribution in [-0.4, -0.2) is 21.4 Å². The van der Waals surface area contributed by atoms with Gasteiger partial charge in [0.2, 0.25) is 0 Å². The summed E-state index contributed by atoms with van der Waals surface area (Å²) >= 11 is 0. The van der Waals surface area contributed by atoms with Gasteiger partial charge < -0.3 is 5.21 Å². The van der Waals surface area contributed by atoms with E-state index in [1.165, 1.54) is 12.3 Å². The Labute approximate surface area is 110 Å². The maximum Gasteiger partial charge on any atom is 0.190 e. The largest absolute Gasteiger partial charge is 0.427 e. The molecule has 1 aliphatic carbocycles. The van der Waals surface area contributed by atoms with E-state index in [-0.39, 0.29) is 5.78 Å². The molecule has 0 unspecified atom stereocenters. The van der Waals surface area contributed by atoms with Gasteiger partial charge in [-0.1, -0.05) is 0 Å². The van der Waals surface area contributed by atoms with E-state index in [1.54, 1.807) is 32.1 Å². The molecule has 0 radical (unpaired) electrons. The number of ketones is 1. The Bertz CT molecular complexity index is 691. The number of hydrogen-bond acceptors (Lipinski definition) is 4. The summed E-state index contributed by atoms with van der Waals surface area (Å²) in [6, 6.07) is 3.48. The molecule has 1 heterocycles. The molecule has 1 N–H and O–H groups in total. The van der Waals surface area contributed by atoms with Crippen LogP contribution in [0.3, 0.4) is 0 Å². The predicted octanol–water partition coefficient (Wildman–Crippen LogP) is 1.77. The molecule has 98 valence electrons. The van der Waals surface area contributed by atoms with E-state index >= 15 is 0 Å². The SMILES string of the molecule is CC1=CC(=NN=c2cc(C)ccn2O)C(C)=CC1=O. The van der Waals surface area contributed by atoms with E-state index < -0.39 is 0 Å². The van der Waals surface area contributed by atoms with Crippen LogP contribution >= 0.6 is 0 Å². The van der Waals surface area contributed by atoms with Crippen LogP contribution in [0.25, 0.3) is 0 Å². The average molecular weight is 257 g/mol. The third-order valence-corrected chi connectivity index (χ3v) is 2.82. The Morgan fingerprint density at radius 1 is 1.11 bits per heavy atom. The van der Waals surface area contributed by atoms with Crippen LogP contribution in [0.5, 0.6) is 0 Å². The Morgan fingerprint density at radius 3 is 2.58 bits per heavy atom. The van der Waals surface area contributed by atoms with E-state index in [4.69, 9.17) is 0 Å². The summed E-state index contributed by atoms with van der Waals surface area (Å²) in [6.07, 6.45) is 4.73. The van der Waals surface area contributed by atoms with Crippen LogP contribution in [0, 0.1) is 6.92 Å². The van der Waals surface area contributed by atoms with Gasteiger partial charge in [-0.05, 0) is 61.8 Å². The van der Waals surface area contributed by atoms with Gasteiger partial charge in [0.25, 0.3) is 0 Å². The van der Waals surface area contributed by atoms with Crippen molar-refractivity contribution in [3.63, 3.8) is 0 Å². The fourth-order valence-electron chi connectivity index (χ4n) is 1.64. The molecule has 0 bridgehead atoms. The summed E-state index contributed by atoms with van der Waals surface area (Å²) < 4.78 is 0.903. The maximum atomic E-state index is 11.4. The molecular weight excluding hydrogens is 242 g/mol. The predicted molar refractivity (Wildman–Crippen MR) is 71.9 cm³/mol. The van der Waals surface area contributed by atoms with Crippen LogP contribution in [0.15, 0.2) is 51.8 Å². The smallest absolute Gasteiger partial charge is 0.190 e. The van der Waals surface area contributed by atoms with Gasteiger partial charge in [-0.15, -0.1) is 10.2 Å². The first-order valence-electron chi connectivity index (χ1n) is 5.89. The summed E-state index contributed by atoms with van der Waals surface area (Å²) in [7, 11) is 0. The highest BCUT2D eigenvalue weighted by atomic mass is 16.5. The zero-order valence-corrected chi connectivity index (χ0v) is 11.1. The highest BCUT2D eigenvalue weighted by Gasteiger charge is 2.12. The molecule has 5 nitrogen and oxygen atoms in total. The van der Waals surface area contributed by atoms with Crippen molar-refractivity contribution in [1.29, 1.82) is 0 Å². The van der Waals surface area contributed by atoms with Crippen LogP contribution in [0.2, 0.25) is 0 Å². The van der Waals surface area contributed by atoms with Crippen molar-refractivity contribution in [3.05, 3.63) is 52.7 Å². The lowest BCUT2D eigenvalue weighted by Gasteiger charge is -2.07. The number of rotatable bonds is 1. The first-order chi connectivity index (χ1) is 8.97. The molecule has 0 fully saturated rings. The molecule has 0 spiro atoms. The molecule has 0 atom stereocenters. The zero-order chi connectivity index (χ0) is 14.0. The van der Waals surface area contributed by atoms with Gasteiger partial charge in [0, 0.05) is 6.20 Å². The van der Waals surface area contributed by atoms with Gasteiger partial charge in [-0.25, -0.2) is 0 Å². The van der Waals surface area contributed by atoms with E-state index in [2.05, 4.69) is 10.2 Å². The van der Waals surface area contributed by atoms with Crippen molar-refractivity contribution in [2.45, 2.75) is 20.8 Å². The molecule has 1 aromatic rings. The summed E-state index contributed by atoms with van der Waals surface area (Å²) in [5, 5.41) is 17.7. The minimum absolute atomic E-state index is 0.00997. The summed E-state index contributed by atoms with van der Waals surface area (Å²) in [6.45, 7) is 5.44. The molecule has 0 aromatic carbocycles. The van der Waals surface area contributed by atoms with Crippen molar-refractivity contribution in [3.8, 4) is 0 Å². The van der Waals surface area contributed by atoms with E-state index in [0.29, 0.717) is 16.8 Å². The van der Waals surface area contributed by atoms with Gasteiger partial charge in [0.1, 0.15) is 0 Å². The molecule has 0 amide bonds. The maximum absolute atomic E-state index is 11.4. The third-order valence-electron chi connectivity index (χ3n) is 2.82. The fourth-order valence-corrected chi connectivity index (χ4v) is 1.64. The van der Waals surface area contributed by atoms with E-state index in [9.17, 15) is 10.0 Å². The average Bonchev–Trinajstić information content (AvgIpc) is 2.36. The summed E-state index contributed by atoms with van der Waals surface area (Å²) in [5.74, 6) is -0.00997. The normalized spacial score (nSPS) is 18.6. The van der Waals surface area contributed by atoms with Gasteiger partial charge in [-0.2, -0.15) is 4.73 Å². The van der Waals surface area contributed by atoms with E-state index in [1.807, 2.05) is 6.92 Å². The standard InChI is InChI=1S/C14H15N3O2/c1-9-4-5-17(19)14(6-9)16-15-12-7-11(3)13(18)8-10(12)2/h4-8,19H,1-3H3. The number of carbonyl (C=O) groups is 1. The Morgan fingerprint density at radius 2 is 1.84 bits per heavy atom. The van der Waals surface area contributed by atoms with E-state index in [0.717, 1.165) is 15.9 Å². The Hall–Kier alpha value is -2.43. The van der Waals surface area contributed by atoms with Gasteiger partial charge in [0.05, 0.1) is 5.71 Å². The molecule has 0 saturated heterocycles. The fraction of sp³-hybridized carbons (Fsp3) is 0.214. The first kappa shape index (κ1) is 13.0. The van der Waals surface area contributed by atoms with Gasteiger partial charge in [-0.3, -0.25) is 4.79 Å². The monoisotopic (exact) mass is 257 g/mol. The van der Waals surface area contributed by atoms with Crippen molar-refractivity contribution < 1.29 is 10.0 Å². The minimum Gasteiger partial charge on any atom is -0.427 e. The van der Waals surface area contributed by atoms with Crippen molar-refractivity contribution in [1.82, 2.24) is 4.73 Å². The second kappa shape index (κ2) is 5.06. The quantitative estimate of drug-likeness (QED) is 0.473. The summed E-state index contributed by atoms with van der Waals surface area (Å²) in [5.41, 5.74) is 3.32. The molecule has 5 heteroatoms. The minimum atomic E-state index is -0.00997. The Balaban J connectivity index is 2.45. The third kappa shape index (κ3) is 2.88. The summed E-state index contributed by atoms with van der Waals surface area (Å²) in [4.78, 5) is 11.4. The lowest BCUT2D eigenvalue weighted by molar-refractivity contribution is -0.111. The van der Waals surface area contributed by atoms with Crippen LogP contribution in [0.1, 0.15) is 19.4 Å². The Kier molecular flexibility index (Phi) is 3.46. The lowest BCUT2D eigenvalue weighted by atomic mass is 9.99. The highest BCUT2D eigenvalue weighted by molar-refractivity contribution is 6.21. The second-order valence-electron chi connectivity index (χ2n) is 4.51. The number of aromatic nitrogens is 1. The number of allylic oxidation sites excluding steroid dienone is 4. The molecule has 19 heavy (non-hydrogen) atoms. The molecule has 0 aliphatic heterocycles. The molecule has 0 saturated carbocycles. The van der Waals surface area contributed by atoms with Gasteiger partial charge >= 0.3 is 0 Å². The number of hydrogen-bond donors (Lipinski definition) is 1. The number of aryl methyl sites for hydroxylation is 1. The second-order valence-corrected chi connectivity index (χ2v) is 4.51. The molecule has 2 rings (SSSR count). The van der Waals surface area contributed by atoms with Crippen molar-refractivity contribution in [2.24, 2.45) is 10.2 Å². The van der Waals surface area contributed by atoms with Crippen LogP contribution < -0.4 is 5.49 Å². The zero-order valence-electron chi connectivity index (χ0n) is 11.1. The van der Waals surface area contributed by atoms with Crippen LogP contribution in [0.4, 0.5) is 0 Å².